The fourth-order valence-electron chi connectivity index (χ4n) is 4.77. The highest BCUT2D eigenvalue weighted by Gasteiger charge is 2.23. The lowest BCUT2D eigenvalue weighted by atomic mass is 10.1. The van der Waals surface area contributed by atoms with E-state index in [-0.39, 0.29) is 24.7 Å². The molecule has 0 spiro atoms. The number of hydrogen-bond acceptors (Lipinski definition) is 5. The Morgan fingerprint density at radius 2 is 1.38 bits per heavy atom. The van der Waals surface area contributed by atoms with Crippen molar-refractivity contribution in [3.05, 3.63) is 53.6 Å². The van der Waals surface area contributed by atoms with Gasteiger partial charge in [-0.05, 0) is 50.2 Å². The quantitative estimate of drug-likeness (QED) is 0.713. The molecule has 0 aromatic heterocycles. The number of carbonyl (C=O) groups is 2. The third-order valence-corrected chi connectivity index (χ3v) is 7.14. The molecule has 2 aliphatic rings. The van der Waals surface area contributed by atoms with Crippen molar-refractivity contribution >= 4 is 28.9 Å². The van der Waals surface area contributed by atoms with E-state index in [0.717, 1.165) is 50.6 Å². The summed E-state index contributed by atoms with van der Waals surface area (Å²) in [6, 6.07) is 14.3. The largest absolute Gasteiger partial charge is 0.368 e. The van der Waals surface area contributed by atoms with Crippen molar-refractivity contribution < 1.29 is 9.59 Å². The minimum atomic E-state index is -0.107. The van der Waals surface area contributed by atoms with Gasteiger partial charge in [0.1, 0.15) is 0 Å². The van der Waals surface area contributed by atoms with Gasteiger partial charge in [-0.3, -0.25) is 9.59 Å². The molecule has 2 amide bonds. The number of amides is 2. The van der Waals surface area contributed by atoms with Crippen LogP contribution in [-0.4, -0.2) is 81.0 Å². The molecule has 2 fully saturated rings. The minimum absolute atomic E-state index is 0.0584. The maximum Gasteiger partial charge on any atom is 0.224 e. The second-order valence-electron chi connectivity index (χ2n) is 9.44. The zero-order chi connectivity index (χ0) is 24.1. The van der Waals surface area contributed by atoms with Crippen LogP contribution in [0.25, 0.3) is 0 Å². The highest BCUT2D eigenvalue weighted by atomic mass is 16.2. The van der Waals surface area contributed by atoms with Crippen molar-refractivity contribution in [1.82, 2.24) is 9.80 Å². The zero-order valence-corrected chi connectivity index (χ0v) is 20.7. The molecule has 7 nitrogen and oxygen atoms in total. The van der Waals surface area contributed by atoms with Gasteiger partial charge in [-0.25, -0.2) is 0 Å². The smallest absolute Gasteiger partial charge is 0.224 e. The van der Waals surface area contributed by atoms with Gasteiger partial charge >= 0.3 is 0 Å². The number of nitrogens with one attached hydrogen (secondary N) is 1. The maximum absolute atomic E-state index is 12.8. The van der Waals surface area contributed by atoms with Crippen LogP contribution >= 0.6 is 0 Å². The van der Waals surface area contributed by atoms with Crippen LogP contribution in [-0.2, 0) is 9.59 Å². The van der Waals surface area contributed by atoms with E-state index in [1.54, 1.807) is 0 Å². The number of rotatable bonds is 6. The maximum atomic E-state index is 12.8. The molecule has 2 aromatic rings. The molecule has 0 bridgehead atoms. The summed E-state index contributed by atoms with van der Waals surface area (Å²) in [5, 5.41) is 3.04. The van der Waals surface area contributed by atoms with E-state index in [1.807, 2.05) is 23.1 Å². The first-order chi connectivity index (χ1) is 16.4. The van der Waals surface area contributed by atoms with E-state index in [1.165, 1.54) is 16.8 Å². The van der Waals surface area contributed by atoms with Crippen molar-refractivity contribution in [2.24, 2.45) is 0 Å². The van der Waals surface area contributed by atoms with Crippen LogP contribution in [0.2, 0.25) is 0 Å². The van der Waals surface area contributed by atoms with Gasteiger partial charge in [0, 0.05) is 70.9 Å². The first-order valence-corrected chi connectivity index (χ1v) is 12.3. The number of para-hydroxylation sites is 2. The van der Waals surface area contributed by atoms with Crippen LogP contribution in [0, 0.1) is 13.8 Å². The van der Waals surface area contributed by atoms with Gasteiger partial charge in [0.25, 0.3) is 0 Å². The number of benzene rings is 2. The highest BCUT2D eigenvalue weighted by molar-refractivity contribution is 5.96. The summed E-state index contributed by atoms with van der Waals surface area (Å²) in [5.74, 6) is -0.0490. The van der Waals surface area contributed by atoms with E-state index in [0.29, 0.717) is 13.1 Å². The van der Waals surface area contributed by atoms with E-state index in [4.69, 9.17) is 0 Å². The lowest BCUT2D eigenvalue weighted by molar-refractivity contribution is -0.133. The summed E-state index contributed by atoms with van der Waals surface area (Å²) in [5.41, 5.74) is 5.72. The zero-order valence-electron chi connectivity index (χ0n) is 20.7. The lowest BCUT2D eigenvalue weighted by Gasteiger charge is -2.37. The molecule has 0 atom stereocenters. The number of hydrogen-bond donors (Lipinski definition) is 1. The summed E-state index contributed by atoms with van der Waals surface area (Å²) < 4.78 is 0. The summed E-state index contributed by atoms with van der Waals surface area (Å²) in [6.07, 6.45) is 0.444. The van der Waals surface area contributed by atoms with Crippen molar-refractivity contribution in [3.63, 3.8) is 0 Å². The fourth-order valence-corrected chi connectivity index (χ4v) is 4.77. The average molecular weight is 464 g/mol. The van der Waals surface area contributed by atoms with Gasteiger partial charge in [-0.15, -0.1) is 0 Å². The third kappa shape index (κ3) is 5.70. The number of carbonyl (C=O) groups excluding carboxylic acids is 2. The van der Waals surface area contributed by atoms with E-state index in [9.17, 15) is 9.59 Å². The van der Waals surface area contributed by atoms with Crippen LogP contribution in [0.5, 0.6) is 0 Å². The fraction of sp³-hybridized carbons (Fsp3) is 0.481. The van der Waals surface area contributed by atoms with Crippen LogP contribution in [0.15, 0.2) is 42.5 Å². The van der Waals surface area contributed by atoms with Crippen molar-refractivity contribution in [1.29, 1.82) is 0 Å². The Morgan fingerprint density at radius 1 is 0.765 bits per heavy atom. The van der Waals surface area contributed by atoms with Gasteiger partial charge in [-0.2, -0.15) is 0 Å². The summed E-state index contributed by atoms with van der Waals surface area (Å²) >= 11 is 0. The second-order valence-corrected chi connectivity index (χ2v) is 9.44. The normalized spacial score (nSPS) is 17.1. The number of aryl methyl sites for hydroxylation is 1. The Bertz CT molecular complexity index is 1010. The second kappa shape index (κ2) is 10.9. The topological polar surface area (TPSA) is 59.1 Å². The van der Waals surface area contributed by atoms with Gasteiger partial charge in [-0.1, -0.05) is 24.3 Å². The molecule has 4 rings (SSSR count). The number of anilines is 3. The monoisotopic (exact) mass is 463 g/mol. The molecule has 0 unspecified atom stereocenters. The molecule has 7 heteroatoms. The molecular weight excluding hydrogens is 426 g/mol. The summed E-state index contributed by atoms with van der Waals surface area (Å²) in [7, 11) is 2.13. The number of likely N-dealkylation sites (N-methyl/N-ethyl adjacent to an activating group) is 1. The first kappa shape index (κ1) is 24.1. The molecular formula is C27H37N5O2. The molecule has 2 aliphatic heterocycles. The molecule has 1 N–H and O–H groups in total. The molecule has 2 aromatic carbocycles. The molecule has 0 radical (unpaired) electrons. The average Bonchev–Trinajstić information content (AvgIpc) is 2.85. The molecule has 2 heterocycles. The Balaban J connectivity index is 1.26. The van der Waals surface area contributed by atoms with Crippen LogP contribution < -0.4 is 15.1 Å². The molecule has 0 saturated carbocycles. The predicted molar refractivity (Wildman–Crippen MR) is 139 cm³/mol. The standard InChI is InChI=1S/C27H37N5O2/c1-21-7-6-10-24(22(21)2)30-17-19-32(20-18-30)27(34)12-11-26(33)28-23-8-4-5-9-25(23)31-15-13-29(3)14-16-31/h4-10H,11-20H2,1-3H3,(H,28,33). The Hall–Kier alpha value is -3.06. The SMILES string of the molecule is Cc1cccc(N2CCN(C(=O)CCC(=O)Nc3ccccc3N3CCN(C)CC3)CC2)c1C. The summed E-state index contributed by atoms with van der Waals surface area (Å²) in [4.78, 5) is 34.3. The first-order valence-electron chi connectivity index (χ1n) is 12.3. The van der Waals surface area contributed by atoms with Crippen molar-refractivity contribution in [2.45, 2.75) is 26.7 Å². The number of piperazine rings is 2. The van der Waals surface area contributed by atoms with Crippen LogP contribution in [0.1, 0.15) is 24.0 Å². The van der Waals surface area contributed by atoms with Gasteiger partial charge in [0.15, 0.2) is 0 Å². The number of nitrogens with zero attached hydrogens (tertiary/aromatic N) is 4. The van der Waals surface area contributed by atoms with E-state index in [2.05, 4.69) is 65.2 Å². The van der Waals surface area contributed by atoms with Gasteiger partial charge in [0.05, 0.1) is 11.4 Å². The van der Waals surface area contributed by atoms with Gasteiger partial charge < -0.3 is 24.9 Å². The Kier molecular flexibility index (Phi) is 7.73. The van der Waals surface area contributed by atoms with E-state index >= 15 is 0 Å². The Labute approximate surface area is 203 Å². The van der Waals surface area contributed by atoms with Crippen LogP contribution in [0.3, 0.4) is 0 Å². The lowest BCUT2D eigenvalue weighted by Crippen LogP contribution is -2.49. The van der Waals surface area contributed by atoms with Crippen molar-refractivity contribution in [3.8, 4) is 0 Å². The molecule has 34 heavy (non-hydrogen) atoms. The summed E-state index contributed by atoms with van der Waals surface area (Å²) in [6.45, 7) is 11.2. The Morgan fingerprint density at radius 3 is 2.12 bits per heavy atom. The predicted octanol–water partition coefficient (Wildman–Crippen LogP) is 3.12. The van der Waals surface area contributed by atoms with Crippen molar-refractivity contribution in [2.75, 3.05) is 74.5 Å². The molecule has 2 saturated heterocycles. The minimum Gasteiger partial charge on any atom is -0.368 e. The van der Waals surface area contributed by atoms with Crippen LogP contribution in [0.4, 0.5) is 17.1 Å². The highest BCUT2D eigenvalue weighted by Crippen LogP contribution is 2.27. The molecule has 182 valence electrons. The van der Waals surface area contributed by atoms with Gasteiger partial charge in [0.2, 0.25) is 11.8 Å². The molecule has 0 aliphatic carbocycles. The third-order valence-electron chi connectivity index (χ3n) is 7.14. The van der Waals surface area contributed by atoms with E-state index < -0.39 is 0 Å².